The average Bonchev–Trinajstić information content (AvgIpc) is 2.95. The Labute approximate surface area is 104 Å². The lowest BCUT2D eigenvalue weighted by Crippen LogP contribution is -2.38. The standard InChI is InChI=1S/C13H14F2N2O/c14-10-5-11(15)12(16)4-9(10)13(18)17-6-7-1-2-8(17)3-7/h4-5,7-8H,1-3,6,16H2. The molecule has 0 radical (unpaired) electrons. The lowest BCUT2D eigenvalue weighted by Gasteiger charge is -2.27. The van der Waals surface area contributed by atoms with Crippen molar-refractivity contribution in [1.29, 1.82) is 0 Å². The average molecular weight is 252 g/mol. The molecule has 3 nitrogen and oxygen atoms in total. The highest BCUT2D eigenvalue weighted by atomic mass is 19.1. The van der Waals surface area contributed by atoms with Crippen LogP contribution in [0.5, 0.6) is 0 Å². The summed E-state index contributed by atoms with van der Waals surface area (Å²) in [6.07, 6.45) is 3.13. The van der Waals surface area contributed by atoms with Crippen molar-refractivity contribution < 1.29 is 13.6 Å². The van der Waals surface area contributed by atoms with Crippen LogP contribution in [-0.2, 0) is 0 Å². The highest BCUT2D eigenvalue weighted by molar-refractivity contribution is 5.95. The zero-order valence-electron chi connectivity index (χ0n) is 9.83. The molecule has 0 aromatic heterocycles. The van der Waals surface area contributed by atoms with Crippen molar-refractivity contribution >= 4 is 11.6 Å². The summed E-state index contributed by atoms with van der Waals surface area (Å²) >= 11 is 0. The van der Waals surface area contributed by atoms with Crippen LogP contribution in [0.2, 0.25) is 0 Å². The van der Waals surface area contributed by atoms with Crippen molar-refractivity contribution in [3.63, 3.8) is 0 Å². The number of benzene rings is 1. The lowest BCUT2D eigenvalue weighted by atomic mass is 10.1. The minimum Gasteiger partial charge on any atom is -0.396 e. The Bertz CT molecular complexity index is 518. The van der Waals surface area contributed by atoms with Gasteiger partial charge in [0.05, 0.1) is 11.3 Å². The first-order valence-electron chi connectivity index (χ1n) is 6.11. The Balaban J connectivity index is 1.91. The number of nitrogens with two attached hydrogens (primary N) is 1. The molecule has 2 unspecified atom stereocenters. The van der Waals surface area contributed by atoms with Crippen molar-refractivity contribution in [2.24, 2.45) is 5.92 Å². The fraction of sp³-hybridized carbons (Fsp3) is 0.462. The molecule has 96 valence electrons. The number of carbonyl (C=O) groups is 1. The van der Waals surface area contributed by atoms with E-state index in [9.17, 15) is 13.6 Å². The predicted molar refractivity (Wildman–Crippen MR) is 62.9 cm³/mol. The fourth-order valence-corrected chi connectivity index (χ4v) is 3.06. The Hall–Kier alpha value is -1.65. The van der Waals surface area contributed by atoms with E-state index in [0.29, 0.717) is 18.5 Å². The van der Waals surface area contributed by atoms with Crippen molar-refractivity contribution in [1.82, 2.24) is 4.90 Å². The van der Waals surface area contributed by atoms with Crippen LogP contribution in [0.1, 0.15) is 29.6 Å². The van der Waals surface area contributed by atoms with Crippen LogP contribution in [-0.4, -0.2) is 23.4 Å². The number of rotatable bonds is 1. The highest BCUT2D eigenvalue weighted by Crippen LogP contribution is 2.38. The smallest absolute Gasteiger partial charge is 0.257 e. The van der Waals surface area contributed by atoms with Crippen molar-refractivity contribution in [3.05, 3.63) is 29.3 Å². The molecule has 1 heterocycles. The second-order valence-corrected chi connectivity index (χ2v) is 5.14. The summed E-state index contributed by atoms with van der Waals surface area (Å²) in [5.41, 5.74) is 5.08. The minimum atomic E-state index is -0.838. The lowest BCUT2D eigenvalue weighted by molar-refractivity contribution is 0.0699. The Morgan fingerprint density at radius 2 is 2.06 bits per heavy atom. The Morgan fingerprint density at radius 3 is 2.67 bits per heavy atom. The van der Waals surface area contributed by atoms with Crippen molar-refractivity contribution in [3.8, 4) is 0 Å². The van der Waals surface area contributed by atoms with Crippen LogP contribution in [0.3, 0.4) is 0 Å². The van der Waals surface area contributed by atoms with Gasteiger partial charge in [0, 0.05) is 18.7 Å². The zero-order valence-corrected chi connectivity index (χ0v) is 9.83. The zero-order chi connectivity index (χ0) is 12.9. The van der Waals surface area contributed by atoms with Gasteiger partial charge in [0.25, 0.3) is 5.91 Å². The van der Waals surface area contributed by atoms with E-state index in [1.807, 2.05) is 0 Å². The van der Waals surface area contributed by atoms with Gasteiger partial charge in [-0.15, -0.1) is 0 Å². The van der Waals surface area contributed by atoms with Gasteiger partial charge < -0.3 is 10.6 Å². The molecule has 3 rings (SSSR count). The molecule has 2 bridgehead atoms. The largest absolute Gasteiger partial charge is 0.396 e. The number of carbonyl (C=O) groups excluding carboxylic acids is 1. The summed E-state index contributed by atoms with van der Waals surface area (Å²) < 4.78 is 26.7. The monoisotopic (exact) mass is 252 g/mol. The third-order valence-corrected chi connectivity index (χ3v) is 3.99. The van der Waals surface area contributed by atoms with Gasteiger partial charge in [0.1, 0.15) is 11.6 Å². The molecule has 2 fully saturated rings. The highest BCUT2D eigenvalue weighted by Gasteiger charge is 2.41. The summed E-state index contributed by atoms with van der Waals surface area (Å²) in [4.78, 5) is 13.9. The van der Waals surface area contributed by atoms with Gasteiger partial charge in [-0.2, -0.15) is 0 Å². The van der Waals surface area contributed by atoms with Crippen LogP contribution in [0.25, 0.3) is 0 Å². The number of anilines is 1. The van der Waals surface area contributed by atoms with E-state index < -0.39 is 11.6 Å². The van der Waals surface area contributed by atoms with E-state index in [2.05, 4.69) is 0 Å². The van der Waals surface area contributed by atoms with Crippen LogP contribution in [0, 0.1) is 17.6 Å². The van der Waals surface area contributed by atoms with Gasteiger partial charge in [0.15, 0.2) is 0 Å². The van der Waals surface area contributed by atoms with Gasteiger partial charge in [0.2, 0.25) is 0 Å². The van der Waals surface area contributed by atoms with Gasteiger partial charge in [-0.25, -0.2) is 8.78 Å². The number of piperidine rings is 1. The van der Waals surface area contributed by atoms with E-state index in [-0.39, 0.29) is 23.2 Å². The molecule has 1 aliphatic heterocycles. The third-order valence-electron chi connectivity index (χ3n) is 3.99. The molecule has 18 heavy (non-hydrogen) atoms. The summed E-state index contributed by atoms with van der Waals surface area (Å²) in [5, 5.41) is 0. The molecular formula is C13H14F2N2O. The number of nitrogen functional groups attached to an aromatic ring is 1. The number of nitrogens with zero attached hydrogens (tertiary/aromatic N) is 1. The first kappa shape index (κ1) is 11.4. The topological polar surface area (TPSA) is 46.3 Å². The number of likely N-dealkylation sites (tertiary alicyclic amines) is 1. The molecule has 1 saturated heterocycles. The fourth-order valence-electron chi connectivity index (χ4n) is 3.06. The van der Waals surface area contributed by atoms with Gasteiger partial charge in [-0.05, 0) is 31.2 Å². The number of fused-ring (bicyclic) bond motifs is 2. The molecule has 5 heteroatoms. The minimum absolute atomic E-state index is 0.124. The van der Waals surface area contributed by atoms with Crippen LogP contribution >= 0.6 is 0 Å². The van der Waals surface area contributed by atoms with Crippen LogP contribution < -0.4 is 5.73 Å². The molecule has 2 aliphatic rings. The molecule has 1 aliphatic carbocycles. The van der Waals surface area contributed by atoms with E-state index >= 15 is 0 Å². The first-order chi connectivity index (χ1) is 8.56. The number of hydrogen-bond acceptors (Lipinski definition) is 2. The number of amides is 1. The summed E-state index contributed by atoms with van der Waals surface area (Å²) in [5.74, 6) is -1.49. The normalized spacial score (nSPS) is 25.8. The van der Waals surface area contributed by atoms with Gasteiger partial charge in [-0.3, -0.25) is 4.79 Å². The second kappa shape index (κ2) is 3.93. The van der Waals surface area contributed by atoms with Crippen LogP contribution in [0.4, 0.5) is 14.5 Å². The van der Waals surface area contributed by atoms with E-state index in [1.165, 1.54) is 0 Å². The molecular weight excluding hydrogens is 238 g/mol. The SMILES string of the molecule is Nc1cc(C(=O)N2CC3CCC2C3)c(F)cc1F. The third kappa shape index (κ3) is 1.65. The second-order valence-electron chi connectivity index (χ2n) is 5.14. The van der Waals surface area contributed by atoms with Gasteiger partial charge in [-0.1, -0.05) is 0 Å². The Morgan fingerprint density at radius 1 is 1.28 bits per heavy atom. The molecule has 0 spiro atoms. The molecule has 1 saturated carbocycles. The van der Waals surface area contributed by atoms with Crippen molar-refractivity contribution in [2.45, 2.75) is 25.3 Å². The maximum atomic E-state index is 13.6. The maximum Gasteiger partial charge on any atom is 0.257 e. The maximum absolute atomic E-state index is 13.6. The summed E-state index contributed by atoms with van der Waals surface area (Å²) in [7, 11) is 0. The van der Waals surface area contributed by atoms with Crippen LogP contribution in [0.15, 0.2) is 12.1 Å². The molecule has 1 aromatic carbocycles. The summed E-state index contributed by atoms with van der Waals surface area (Å²) in [6.45, 7) is 0.681. The Kier molecular flexibility index (Phi) is 2.50. The molecule has 2 N–H and O–H groups in total. The van der Waals surface area contributed by atoms with Gasteiger partial charge >= 0.3 is 0 Å². The summed E-state index contributed by atoms with van der Waals surface area (Å²) in [6, 6.07) is 1.99. The van der Waals surface area contributed by atoms with Crippen molar-refractivity contribution in [2.75, 3.05) is 12.3 Å². The number of halogens is 2. The van der Waals surface area contributed by atoms with E-state index in [0.717, 1.165) is 25.3 Å². The van der Waals surface area contributed by atoms with E-state index in [4.69, 9.17) is 5.73 Å². The van der Waals surface area contributed by atoms with E-state index in [1.54, 1.807) is 4.90 Å². The molecule has 2 atom stereocenters. The molecule has 1 aromatic rings. The molecule has 1 amide bonds. The predicted octanol–water partition coefficient (Wildman–Crippen LogP) is 2.17. The number of hydrogen-bond donors (Lipinski definition) is 1. The first-order valence-corrected chi connectivity index (χ1v) is 6.11. The quantitative estimate of drug-likeness (QED) is 0.779.